The minimum absolute atomic E-state index is 0.750. The Morgan fingerprint density at radius 3 is 3.00 bits per heavy atom. The number of hydrogen-bond donors (Lipinski definition) is 1. The molecule has 0 atom stereocenters. The molecule has 1 heterocycles. The summed E-state index contributed by atoms with van der Waals surface area (Å²) in [4.78, 5) is 0. The van der Waals surface area contributed by atoms with Gasteiger partial charge in [0.15, 0.2) is 0 Å². The average molecular weight is 184 g/mol. The van der Waals surface area contributed by atoms with E-state index in [1.807, 2.05) is 13.2 Å². The molecule has 5 nitrogen and oxygen atoms in total. The Morgan fingerprint density at radius 1 is 1.54 bits per heavy atom. The molecule has 74 valence electrons. The van der Waals surface area contributed by atoms with Gasteiger partial charge in [0.25, 0.3) is 0 Å². The van der Waals surface area contributed by atoms with Crippen molar-refractivity contribution in [3.8, 4) is 0 Å². The number of hydrogen-bond acceptors (Lipinski definition) is 4. The van der Waals surface area contributed by atoms with Crippen molar-refractivity contribution >= 4 is 0 Å². The number of nitrogens with one attached hydrogen (secondary N) is 1. The second-order valence-corrected chi connectivity index (χ2v) is 2.88. The molecule has 0 aromatic carbocycles. The molecule has 0 unspecified atom stereocenters. The number of nitrogens with zero attached hydrogens (tertiary/aromatic N) is 3. The van der Waals surface area contributed by atoms with Crippen LogP contribution in [0.1, 0.15) is 5.69 Å². The zero-order valence-electron chi connectivity index (χ0n) is 8.16. The van der Waals surface area contributed by atoms with Gasteiger partial charge in [0.1, 0.15) is 0 Å². The van der Waals surface area contributed by atoms with Gasteiger partial charge >= 0.3 is 0 Å². The summed E-state index contributed by atoms with van der Waals surface area (Å²) in [7, 11) is 3.57. The zero-order chi connectivity index (χ0) is 9.52. The number of ether oxygens (including phenoxy) is 1. The molecule has 1 rings (SSSR count). The second-order valence-electron chi connectivity index (χ2n) is 2.88. The van der Waals surface area contributed by atoms with Crippen molar-refractivity contribution in [3.05, 3.63) is 11.9 Å². The van der Waals surface area contributed by atoms with Crippen LogP contribution < -0.4 is 5.32 Å². The molecule has 0 aliphatic rings. The van der Waals surface area contributed by atoms with E-state index in [0.717, 1.165) is 31.8 Å². The Kier molecular flexibility index (Phi) is 4.42. The van der Waals surface area contributed by atoms with Crippen molar-refractivity contribution in [2.24, 2.45) is 7.05 Å². The van der Waals surface area contributed by atoms with Gasteiger partial charge in [-0.25, -0.2) is 0 Å². The van der Waals surface area contributed by atoms with Crippen LogP contribution in [0.4, 0.5) is 0 Å². The van der Waals surface area contributed by atoms with Crippen molar-refractivity contribution in [1.29, 1.82) is 0 Å². The summed E-state index contributed by atoms with van der Waals surface area (Å²) in [5, 5.41) is 11.1. The summed E-state index contributed by atoms with van der Waals surface area (Å²) < 4.78 is 6.62. The lowest BCUT2D eigenvalue weighted by molar-refractivity contribution is 0.199. The molecular formula is C8H16N4O. The van der Waals surface area contributed by atoms with Gasteiger partial charge in [0.05, 0.1) is 12.3 Å². The zero-order valence-corrected chi connectivity index (χ0v) is 8.16. The van der Waals surface area contributed by atoms with E-state index in [1.165, 1.54) is 0 Å². The lowest BCUT2D eigenvalue weighted by Crippen LogP contribution is -2.21. The summed E-state index contributed by atoms with van der Waals surface area (Å²) in [6.07, 6.45) is 2.84. The minimum atomic E-state index is 0.750. The first-order valence-corrected chi connectivity index (χ1v) is 4.38. The Balaban J connectivity index is 2.06. The van der Waals surface area contributed by atoms with E-state index < -0.39 is 0 Å². The first-order valence-electron chi connectivity index (χ1n) is 4.38. The molecular weight excluding hydrogens is 168 g/mol. The van der Waals surface area contributed by atoms with Crippen LogP contribution in [0.2, 0.25) is 0 Å². The van der Waals surface area contributed by atoms with Crippen molar-refractivity contribution in [2.75, 3.05) is 26.8 Å². The lowest BCUT2D eigenvalue weighted by Gasteiger charge is -2.00. The van der Waals surface area contributed by atoms with Crippen molar-refractivity contribution in [3.63, 3.8) is 0 Å². The van der Waals surface area contributed by atoms with E-state index in [4.69, 9.17) is 4.74 Å². The molecule has 5 heteroatoms. The molecule has 0 fully saturated rings. The molecule has 0 amide bonds. The van der Waals surface area contributed by atoms with Gasteiger partial charge in [-0.05, 0) is 0 Å². The fourth-order valence-electron chi connectivity index (χ4n) is 1.03. The van der Waals surface area contributed by atoms with E-state index in [1.54, 1.807) is 11.8 Å². The fourth-order valence-corrected chi connectivity index (χ4v) is 1.03. The van der Waals surface area contributed by atoms with Crippen LogP contribution in [0.5, 0.6) is 0 Å². The Hall–Kier alpha value is -0.940. The highest BCUT2D eigenvalue weighted by Gasteiger charge is 1.96. The molecule has 0 radical (unpaired) electrons. The molecule has 0 aliphatic heterocycles. The van der Waals surface area contributed by atoms with Gasteiger partial charge in [-0.3, -0.25) is 4.68 Å². The predicted octanol–water partition coefficient (Wildman–Crippen LogP) is -0.406. The predicted molar refractivity (Wildman–Crippen MR) is 49.5 cm³/mol. The van der Waals surface area contributed by atoms with Gasteiger partial charge in [-0.2, -0.15) is 0 Å². The molecule has 1 N–H and O–H groups in total. The molecule has 0 aliphatic carbocycles. The quantitative estimate of drug-likeness (QED) is 0.611. The highest BCUT2D eigenvalue weighted by molar-refractivity contribution is 4.92. The first-order chi connectivity index (χ1) is 6.33. The number of methoxy groups -OCH3 is 1. The summed E-state index contributed by atoms with van der Waals surface area (Å²) in [6.45, 7) is 2.55. The summed E-state index contributed by atoms with van der Waals surface area (Å²) >= 11 is 0. The highest BCUT2D eigenvalue weighted by Crippen LogP contribution is 1.90. The largest absolute Gasteiger partial charge is 0.383 e. The lowest BCUT2D eigenvalue weighted by atomic mass is 10.3. The first kappa shape index (κ1) is 10.1. The van der Waals surface area contributed by atoms with E-state index in [9.17, 15) is 0 Å². The van der Waals surface area contributed by atoms with E-state index in [0.29, 0.717) is 0 Å². The maximum absolute atomic E-state index is 4.90. The molecule has 0 bridgehead atoms. The number of rotatable bonds is 6. The van der Waals surface area contributed by atoms with Gasteiger partial charge in [-0.15, -0.1) is 5.10 Å². The Morgan fingerprint density at radius 2 is 2.38 bits per heavy atom. The van der Waals surface area contributed by atoms with Crippen molar-refractivity contribution in [2.45, 2.75) is 6.42 Å². The van der Waals surface area contributed by atoms with Gasteiger partial charge in [0.2, 0.25) is 0 Å². The maximum Gasteiger partial charge on any atom is 0.0839 e. The van der Waals surface area contributed by atoms with Crippen LogP contribution in [-0.2, 0) is 18.2 Å². The maximum atomic E-state index is 4.90. The third kappa shape index (κ3) is 4.00. The van der Waals surface area contributed by atoms with Crippen LogP contribution in [-0.4, -0.2) is 41.8 Å². The van der Waals surface area contributed by atoms with Crippen LogP contribution in [0.15, 0.2) is 6.20 Å². The molecule has 0 saturated carbocycles. The van der Waals surface area contributed by atoms with Crippen LogP contribution in [0, 0.1) is 0 Å². The fraction of sp³-hybridized carbons (Fsp3) is 0.750. The monoisotopic (exact) mass is 184 g/mol. The van der Waals surface area contributed by atoms with Crippen LogP contribution >= 0.6 is 0 Å². The minimum Gasteiger partial charge on any atom is -0.383 e. The van der Waals surface area contributed by atoms with Crippen LogP contribution in [0.25, 0.3) is 0 Å². The van der Waals surface area contributed by atoms with E-state index in [-0.39, 0.29) is 0 Å². The molecule has 13 heavy (non-hydrogen) atoms. The number of aromatic nitrogens is 3. The number of aryl methyl sites for hydroxylation is 1. The molecule has 0 saturated heterocycles. The molecule has 0 spiro atoms. The average Bonchev–Trinajstić information content (AvgIpc) is 2.51. The summed E-state index contributed by atoms with van der Waals surface area (Å²) in [5.74, 6) is 0. The molecule has 1 aromatic heterocycles. The standard InChI is InChI=1S/C8H16N4O/c1-12-7-8(10-11-12)3-4-9-5-6-13-2/h7,9H,3-6H2,1-2H3. The summed E-state index contributed by atoms with van der Waals surface area (Å²) in [6, 6.07) is 0. The SMILES string of the molecule is COCCNCCc1cn(C)nn1. The molecule has 1 aromatic rings. The summed E-state index contributed by atoms with van der Waals surface area (Å²) in [5.41, 5.74) is 1.02. The van der Waals surface area contributed by atoms with Crippen LogP contribution in [0.3, 0.4) is 0 Å². The van der Waals surface area contributed by atoms with E-state index in [2.05, 4.69) is 15.6 Å². The van der Waals surface area contributed by atoms with Crippen molar-refractivity contribution in [1.82, 2.24) is 20.3 Å². The third-order valence-corrected chi connectivity index (χ3v) is 1.69. The second kappa shape index (κ2) is 5.66. The van der Waals surface area contributed by atoms with E-state index >= 15 is 0 Å². The third-order valence-electron chi connectivity index (χ3n) is 1.69. The van der Waals surface area contributed by atoms with Gasteiger partial charge < -0.3 is 10.1 Å². The van der Waals surface area contributed by atoms with Gasteiger partial charge in [0, 0.05) is 39.9 Å². The smallest absolute Gasteiger partial charge is 0.0839 e. The van der Waals surface area contributed by atoms with Crippen molar-refractivity contribution < 1.29 is 4.74 Å². The topological polar surface area (TPSA) is 52.0 Å². The Labute approximate surface area is 78.1 Å². The Bertz CT molecular complexity index is 236. The normalized spacial score (nSPS) is 10.6. The highest BCUT2D eigenvalue weighted by atomic mass is 16.5. The van der Waals surface area contributed by atoms with Gasteiger partial charge in [-0.1, -0.05) is 5.21 Å².